The van der Waals surface area contributed by atoms with Gasteiger partial charge in [-0.3, -0.25) is 14.9 Å². The standard InChI is InChI=1S/C11H11BrN2O3/c1-7-2-9(5-10(3-7)14(16)17)13-6-8(12)4-11(13)15/h2-3,5,8H,4,6H2,1H3. The Morgan fingerprint density at radius 2 is 2.18 bits per heavy atom. The van der Waals surface area contributed by atoms with Crippen molar-refractivity contribution in [2.75, 3.05) is 11.4 Å². The molecule has 1 amide bonds. The zero-order valence-electron chi connectivity index (χ0n) is 9.22. The molecule has 5 nitrogen and oxygen atoms in total. The number of non-ortho nitro benzene ring substituents is 1. The first-order valence-corrected chi connectivity index (χ1v) is 6.09. The van der Waals surface area contributed by atoms with Gasteiger partial charge in [0.1, 0.15) is 0 Å². The van der Waals surface area contributed by atoms with Gasteiger partial charge in [-0.15, -0.1) is 0 Å². The molecule has 1 unspecified atom stereocenters. The lowest BCUT2D eigenvalue weighted by Gasteiger charge is -2.16. The number of nitrogens with zero attached hydrogens (tertiary/aromatic N) is 2. The highest BCUT2D eigenvalue weighted by Gasteiger charge is 2.29. The molecule has 17 heavy (non-hydrogen) atoms. The van der Waals surface area contributed by atoms with E-state index in [1.807, 2.05) is 0 Å². The smallest absolute Gasteiger partial charge is 0.271 e. The molecule has 0 aliphatic carbocycles. The summed E-state index contributed by atoms with van der Waals surface area (Å²) in [5, 5.41) is 10.8. The van der Waals surface area contributed by atoms with E-state index in [0.717, 1.165) is 5.56 Å². The van der Waals surface area contributed by atoms with E-state index in [1.165, 1.54) is 12.1 Å². The van der Waals surface area contributed by atoms with Gasteiger partial charge in [-0.1, -0.05) is 15.9 Å². The quantitative estimate of drug-likeness (QED) is 0.478. The fourth-order valence-electron chi connectivity index (χ4n) is 1.92. The molecule has 0 spiro atoms. The Labute approximate surface area is 107 Å². The van der Waals surface area contributed by atoms with E-state index in [-0.39, 0.29) is 16.4 Å². The molecule has 1 aromatic rings. The van der Waals surface area contributed by atoms with Crippen molar-refractivity contribution in [3.05, 3.63) is 33.9 Å². The van der Waals surface area contributed by atoms with Crippen LogP contribution in [0.5, 0.6) is 0 Å². The lowest BCUT2D eigenvalue weighted by molar-refractivity contribution is -0.384. The first-order chi connectivity index (χ1) is 7.97. The van der Waals surface area contributed by atoms with E-state index in [2.05, 4.69) is 15.9 Å². The highest BCUT2D eigenvalue weighted by molar-refractivity contribution is 9.09. The van der Waals surface area contributed by atoms with E-state index in [1.54, 1.807) is 17.9 Å². The van der Waals surface area contributed by atoms with Gasteiger partial charge in [0.05, 0.1) is 10.6 Å². The first-order valence-electron chi connectivity index (χ1n) is 5.18. The molecular formula is C11H11BrN2O3. The SMILES string of the molecule is Cc1cc(N2CC(Br)CC2=O)cc([N+](=O)[O-])c1. The number of rotatable bonds is 2. The second-order valence-electron chi connectivity index (χ2n) is 4.09. The number of benzene rings is 1. The molecule has 1 atom stereocenters. The molecule has 0 radical (unpaired) electrons. The minimum atomic E-state index is -0.442. The van der Waals surface area contributed by atoms with Gasteiger partial charge >= 0.3 is 0 Å². The zero-order chi connectivity index (χ0) is 12.6. The molecule has 1 aliphatic rings. The molecule has 0 aromatic heterocycles. The summed E-state index contributed by atoms with van der Waals surface area (Å²) in [6.07, 6.45) is 0.432. The second-order valence-corrected chi connectivity index (χ2v) is 5.38. The molecule has 90 valence electrons. The Balaban J connectivity index is 2.39. The van der Waals surface area contributed by atoms with Crippen molar-refractivity contribution in [1.82, 2.24) is 0 Å². The lowest BCUT2D eigenvalue weighted by atomic mass is 10.2. The monoisotopic (exact) mass is 298 g/mol. The Hall–Kier alpha value is -1.43. The summed E-state index contributed by atoms with van der Waals surface area (Å²) in [7, 11) is 0. The summed E-state index contributed by atoms with van der Waals surface area (Å²) in [5.41, 5.74) is 1.40. The van der Waals surface area contributed by atoms with Crippen LogP contribution in [-0.2, 0) is 4.79 Å². The van der Waals surface area contributed by atoms with Crippen molar-refractivity contribution in [1.29, 1.82) is 0 Å². The van der Waals surface area contributed by atoms with Crippen molar-refractivity contribution < 1.29 is 9.72 Å². The third-order valence-electron chi connectivity index (χ3n) is 2.65. The predicted octanol–water partition coefficient (Wildman–Crippen LogP) is 2.40. The lowest BCUT2D eigenvalue weighted by Crippen LogP contribution is -2.24. The van der Waals surface area contributed by atoms with E-state index in [0.29, 0.717) is 18.7 Å². The van der Waals surface area contributed by atoms with Crippen LogP contribution in [0.3, 0.4) is 0 Å². The maximum atomic E-state index is 11.7. The Kier molecular flexibility index (Phi) is 3.15. The van der Waals surface area contributed by atoms with Crippen LogP contribution in [0.1, 0.15) is 12.0 Å². The van der Waals surface area contributed by atoms with Gasteiger partial charge in [0.15, 0.2) is 0 Å². The molecule has 1 aliphatic heterocycles. The molecule has 6 heteroatoms. The van der Waals surface area contributed by atoms with Crippen molar-refractivity contribution in [3.63, 3.8) is 0 Å². The Bertz CT molecular complexity index is 490. The largest absolute Gasteiger partial charge is 0.311 e. The number of hydrogen-bond acceptors (Lipinski definition) is 3. The van der Waals surface area contributed by atoms with Crippen LogP contribution < -0.4 is 4.90 Å². The van der Waals surface area contributed by atoms with Crippen LogP contribution in [0.25, 0.3) is 0 Å². The molecular weight excluding hydrogens is 288 g/mol. The number of alkyl halides is 1. The number of nitro benzene ring substituents is 1. The van der Waals surface area contributed by atoms with Gasteiger partial charge in [-0.05, 0) is 18.6 Å². The van der Waals surface area contributed by atoms with Crippen molar-refractivity contribution in [3.8, 4) is 0 Å². The van der Waals surface area contributed by atoms with Gasteiger partial charge in [-0.2, -0.15) is 0 Å². The highest BCUT2D eigenvalue weighted by atomic mass is 79.9. The van der Waals surface area contributed by atoms with Crippen LogP contribution in [-0.4, -0.2) is 22.2 Å². The van der Waals surface area contributed by atoms with E-state index < -0.39 is 4.92 Å². The number of carbonyl (C=O) groups is 1. The van der Waals surface area contributed by atoms with Gasteiger partial charge in [0.2, 0.25) is 5.91 Å². The highest BCUT2D eigenvalue weighted by Crippen LogP contribution is 2.29. The average molecular weight is 299 g/mol. The van der Waals surface area contributed by atoms with Gasteiger partial charge < -0.3 is 4.90 Å². The van der Waals surface area contributed by atoms with Crippen molar-refractivity contribution in [2.45, 2.75) is 18.2 Å². The minimum absolute atomic E-state index is 0.00762. The fraction of sp³-hybridized carbons (Fsp3) is 0.364. The van der Waals surface area contributed by atoms with Crippen LogP contribution in [0.2, 0.25) is 0 Å². The molecule has 0 bridgehead atoms. The normalized spacial score (nSPS) is 19.8. The van der Waals surface area contributed by atoms with Gasteiger partial charge in [-0.25, -0.2) is 0 Å². The maximum Gasteiger partial charge on any atom is 0.271 e. The predicted molar refractivity (Wildman–Crippen MR) is 67.5 cm³/mol. The van der Waals surface area contributed by atoms with Crippen molar-refractivity contribution in [2.24, 2.45) is 0 Å². The number of carbonyl (C=O) groups excluding carboxylic acids is 1. The summed E-state index contributed by atoms with van der Waals surface area (Å²) in [4.78, 5) is 23.7. The summed E-state index contributed by atoms with van der Waals surface area (Å²) in [6, 6.07) is 4.72. The zero-order valence-corrected chi connectivity index (χ0v) is 10.8. The summed E-state index contributed by atoms with van der Waals surface area (Å²) < 4.78 is 0. The number of halogens is 1. The average Bonchev–Trinajstić information content (AvgIpc) is 2.57. The third kappa shape index (κ3) is 2.46. The summed E-state index contributed by atoms with van der Waals surface area (Å²) >= 11 is 3.39. The molecule has 0 saturated carbocycles. The number of anilines is 1. The van der Waals surface area contributed by atoms with Crippen LogP contribution >= 0.6 is 15.9 Å². The van der Waals surface area contributed by atoms with Crippen LogP contribution in [0.15, 0.2) is 18.2 Å². The van der Waals surface area contributed by atoms with Gasteiger partial charge in [0.25, 0.3) is 5.69 Å². The molecule has 1 fully saturated rings. The number of aryl methyl sites for hydroxylation is 1. The van der Waals surface area contributed by atoms with E-state index in [4.69, 9.17) is 0 Å². The fourth-order valence-corrected chi connectivity index (χ4v) is 2.48. The minimum Gasteiger partial charge on any atom is -0.311 e. The third-order valence-corrected chi connectivity index (χ3v) is 3.26. The molecule has 1 saturated heterocycles. The molecule has 1 aromatic carbocycles. The van der Waals surface area contributed by atoms with E-state index >= 15 is 0 Å². The topological polar surface area (TPSA) is 63.5 Å². The van der Waals surface area contributed by atoms with Crippen LogP contribution in [0.4, 0.5) is 11.4 Å². The Morgan fingerprint density at radius 1 is 1.47 bits per heavy atom. The van der Waals surface area contributed by atoms with Gasteiger partial charge in [0, 0.05) is 29.9 Å². The summed E-state index contributed by atoms with van der Waals surface area (Å²) in [6.45, 7) is 2.34. The Morgan fingerprint density at radius 3 is 2.71 bits per heavy atom. The van der Waals surface area contributed by atoms with Crippen LogP contribution in [0, 0.1) is 17.0 Å². The van der Waals surface area contributed by atoms with E-state index in [9.17, 15) is 14.9 Å². The van der Waals surface area contributed by atoms with Crippen molar-refractivity contribution >= 4 is 33.2 Å². The number of nitro groups is 1. The number of amides is 1. The molecule has 2 rings (SSSR count). The summed E-state index contributed by atoms with van der Waals surface area (Å²) in [5.74, 6) is -0.00762. The maximum absolute atomic E-state index is 11.7. The number of hydrogen-bond donors (Lipinski definition) is 0. The second kappa shape index (κ2) is 4.44. The first kappa shape index (κ1) is 12.0. The molecule has 0 N–H and O–H groups in total. The molecule has 1 heterocycles.